The van der Waals surface area contributed by atoms with E-state index in [1.54, 1.807) is 0 Å². The van der Waals surface area contributed by atoms with Crippen molar-refractivity contribution in [3.63, 3.8) is 0 Å². The second-order valence-corrected chi connectivity index (χ2v) is 10.1. The van der Waals surface area contributed by atoms with Crippen LogP contribution in [0.25, 0.3) is 0 Å². The minimum Gasteiger partial charge on any atom is -0.324 e. The van der Waals surface area contributed by atoms with E-state index < -0.39 is 8.24 Å². The molecule has 0 aromatic heterocycles. The van der Waals surface area contributed by atoms with Gasteiger partial charge in [-0.15, -0.1) is 0 Å². The minimum atomic E-state index is -1.16. The number of nitrogens with zero attached hydrogens (tertiary/aromatic N) is 2. The molecule has 0 aromatic rings. The summed E-state index contributed by atoms with van der Waals surface area (Å²) < 4.78 is 2.55. The van der Waals surface area contributed by atoms with Crippen molar-refractivity contribution in [2.24, 2.45) is 0 Å². The fourth-order valence-corrected chi connectivity index (χ4v) is 3.15. The lowest BCUT2D eigenvalue weighted by molar-refractivity contribution is 0.342. The van der Waals surface area contributed by atoms with Gasteiger partial charge in [-0.1, -0.05) is 25.7 Å². The molecule has 0 radical (unpaired) electrons. The summed E-state index contributed by atoms with van der Waals surface area (Å²) in [6, 6.07) is 2.92. The fraction of sp³-hybridized carbons (Fsp3) is 0.727. The van der Waals surface area contributed by atoms with Crippen LogP contribution < -0.4 is 0 Å². The average Bonchev–Trinajstić information content (AvgIpc) is 2.15. The van der Waals surface area contributed by atoms with Crippen molar-refractivity contribution >= 4 is 8.24 Å². The summed E-state index contributed by atoms with van der Waals surface area (Å²) in [7, 11) is 1.08. The maximum Gasteiger partial charge on any atom is 0.119 e. The first-order valence-electron chi connectivity index (χ1n) is 5.27. The maximum absolute atomic E-state index is 8.75. The van der Waals surface area contributed by atoms with Crippen molar-refractivity contribution in [3.05, 3.63) is 11.6 Å². The number of hydrogen-bond donors (Lipinski definition) is 0. The molecule has 1 atom stereocenters. The van der Waals surface area contributed by atoms with Gasteiger partial charge in [0.2, 0.25) is 0 Å². The summed E-state index contributed by atoms with van der Waals surface area (Å²) in [5, 5.41) is 8.75. The number of rotatable bonds is 2. The SMILES string of the molecule is CN(C1CC=C(C#N)CC1)[Si](C)(C)C. The van der Waals surface area contributed by atoms with Crippen LogP contribution in [0.1, 0.15) is 19.3 Å². The van der Waals surface area contributed by atoms with Gasteiger partial charge in [0.25, 0.3) is 0 Å². The van der Waals surface area contributed by atoms with E-state index in [0.29, 0.717) is 6.04 Å². The quantitative estimate of drug-likeness (QED) is 0.652. The van der Waals surface area contributed by atoms with Crippen molar-refractivity contribution < 1.29 is 0 Å². The molecule has 1 unspecified atom stereocenters. The van der Waals surface area contributed by atoms with Gasteiger partial charge in [0.15, 0.2) is 0 Å². The van der Waals surface area contributed by atoms with Gasteiger partial charge in [-0.3, -0.25) is 0 Å². The molecule has 0 N–H and O–H groups in total. The molecule has 1 aliphatic carbocycles. The summed E-state index contributed by atoms with van der Waals surface area (Å²) in [5.74, 6) is 0. The van der Waals surface area contributed by atoms with Gasteiger partial charge in [-0.05, 0) is 26.3 Å². The lowest BCUT2D eigenvalue weighted by Gasteiger charge is -2.38. The molecule has 0 amide bonds. The van der Waals surface area contributed by atoms with Gasteiger partial charge < -0.3 is 4.57 Å². The molecule has 78 valence electrons. The van der Waals surface area contributed by atoms with Crippen LogP contribution in [-0.2, 0) is 0 Å². The van der Waals surface area contributed by atoms with Crippen molar-refractivity contribution in [1.29, 1.82) is 5.26 Å². The molecular formula is C11H20N2Si. The Morgan fingerprint density at radius 1 is 1.50 bits per heavy atom. The van der Waals surface area contributed by atoms with Crippen molar-refractivity contribution in [2.75, 3.05) is 7.05 Å². The zero-order valence-corrected chi connectivity index (χ0v) is 10.7. The van der Waals surface area contributed by atoms with E-state index >= 15 is 0 Å². The van der Waals surface area contributed by atoms with Gasteiger partial charge in [0.1, 0.15) is 8.24 Å². The molecule has 0 spiro atoms. The van der Waals surface area contributed by atoms with E-state index in [-0.39, 0.29) is 0 Å². The van der Waals surface area contributed by atoms with Crippen LogP contribution in [0.5, 0.6) is 0 Å². The Balaban J connectivity index is 2.60. The van der Waals surface area contributed by atoms with Gasteiger partial charge in [-0.2, -0.15) is 5.26 Å². The second-order valence-electron chi connectivity index (χ2n) is 5.05. The molecule has 0 heterocycles. The van der Waals surface area contributed by atoms with Crippen molar-refractivity contribution in [2.45, 2.75) is 44.9 Å². The molecule has 14 heavy (non-hydrogen) atoms. The Bertz CT molecular complexity index is 270. The molecule has 2 nitrogen and oxygen atoms in total. The van der Waals surface area contributed by atoms with Crippen LogP contribution in [0.15, 0.2) is 11.6 Å². The van der Waals surface area contributed by atoms with Crippen molar-refractivity contribution in [3.8, 4) is 6.07 Å². The Labute approximate surface area is 88.3 Å². The topological polar surface area (TPSA) is 27.0 Å². The van der Waals surface area contributed by atoms with Crippen LogP contribution in [-0.4, -0.2) is 25.9 Å². The van der Waals surface area contributed by atoms with E-state index in [1.807, 2.05) is 0 Å². The average molecular weight is 208 g/mol. The van der Waals surface area contributed by atoms with E-state index in [4.69, 9.17) is 5.26 Å². The van der Waals surface area contributed by atoms with E-state index in [0.717, 1.165) is 24.8 Å². The molecule has 1 aliphatic rings. The Morgan fingerprint density at radius 2 is 2.14 bits per heavy atom. The highest BCUT2D eigenvalue weighted by molar-refractivity contribution is 6.73. The highest BCUT2D eigenvalue weighted by atomic mass is 28.3. The molecule has 0 bridgehead atoms. The molecule has 3 heteroatoms. The molecule has 0 fully saturated rings. The second kappa shape index (κ2) is 4.29. The van der Waals surface area contributed by atoms with E-state index in [1.165, 1.54) is 0 Å². The third kappa shape index (κ3) is 2.70. The van der Waals surface area contributed by atoms with Crippen LogP contribution in [0.4, 0.5) is 0 Å². The maximum atomic E-state index is 8.75. The lowest BCUT2D eigenvalue weighted by atomic mass is 9.96. The van der Waals surface area contributed by atoms with E-state index in [9.17, 15) is 0 Å². The zero-order valence-electron chi connectivity index (χ0n) is 9.67. The smallest absolute Gasteiger partial charge is 0.119 e. The molecular weight excluding hydrogens is 188 g/mol. The summed E-state index contributed by atoms with van der Waals surface area (Å²) >= 11 is 0. The lowest BCUT2D eigenvalue weighted by Crippen LogP contribution is -2.49. The van der Waals surface area contributed by atoms with Gasteiger partial charge in [0, 0.05) is 11.6 Å². The molecule has 0 saturated carbocycles. The first kappa shape index (κ1) is 11.5. The fourth-order valence-electron chi connectivity index (χ4n) is 1.82. The van der Waals surface area contributed by atoms with Gasteiger partial charge in [-0.25, -0.2) is 0 Å². The third-order valence-corrected chi connectivity index (χ3v) is 5.61. The van der Waals surface area contributed by atoms with E-state index in [2.05, 4.69) is 43.4 Å². The standard InChI is InChI=1S/C11H20N2Si/c1-13(14(2,3)4)11-7-5-10(9-12)6-8-11/h5,11H,6-8H2,1-4H3. The largest absolute Gasteiger partial charge is 0.324 e. The normalized spacial score (nSPS) is 23.1. The van der Waals surface area contributed by atoms with Crippen LogP contribution in [0, 0.1) is 11.3 Å². The monoisotopic (exact) mass is 208 g/mol. The van der Waals surface area contributed by atoms with Crippen LogP contribution in [0.3, 0.4) is 0 Å². The first-order valence-corrected chi connectivity index (χ1v) is 8.72. The van der Waals surface area contributed by atoms with Crippen molar-refractivity contribution in [1.82, 2.24) is 4.57 Å². The highest BCUT2D eigenvalue weighted by Gasteiger charge is 2.27. The molecule has 0 saturated heterocycles. The van der Waals surface area contributed by atoms with Crippen LogP contribution in [0.2, 0.25) is 19.6 Å². The van der Waals surface area contributed by atoms with Gasteiger partial charge >= 0.3 is 0 Å². The number of nitriles is 1. The zero-order chi connectivity index (χ0) is 10.8. The molecule has 0 aliphatic heterocycles. The Morgan fingerprint density at radius 3 is 2.50 bits per heavy atom. The summed E-state index contributed by atoms with van der Waals surface area (Å²) in [5.41, 5.74) is 0.977. The number of hydrogen-bond acceptors (Lipinski definition) is 2. The first-order chi connectivity index (χ1) is 6.45. The number of allylic oxidation sites excluding steroid dienone is 1. The summed E-state index contributed by atoms with van der Waals surface area (Å²) in [6.07, 6.45) is 5.30. The highest BCUT2D eigenvalue weighted by Crippen LogP contribution is 2.24. The summed E-state index contributed by atoms with van der Waals surface area (Å²) in [6.45, 7) is 7.11. The van der Waals surface area contributed by atoms with Gasteiger partial charge in [0.05, 0.1) is 6.07 Å². The third-order valence-electron chi connectivity index (χ3n) is 3.13. The minimum absolute atomic E-state index is 0.666. The summed E-state index contributed by atoms with van der Waals surface area (Å²) in [4.78, 5) is 0. The Hall–Kier alpha value is -0.593. The molecule has 0 aromatic carbocycles. The molecule has 1 rings (SSSR count). The predicted octanol–water partition coefficient (Wildman–Crippen LogP) is 2.76. The van der Waals surface area contributed by atoms with Crippen LogP contribution >= 0.6 is 0 Å². The Kier molecular flexibility index (Phi) is 3.52. The predicted molar refractivity (Wildman–Crippen MR) is 62.4 cm³/mol.